The molecule has 0 saturated heterocycles. The first-order chi connectivity index (χ1) is 22.4. The van der Waals surface area contributed by atoms with Crippen LogP contribution in [0.15, 0.2) is 72.8 Å². The first-order valence-corrected chi connectivity index (χ1v) is 16.1. The number of anilines is 2. The van der Waals surface area contributed by atoms with Gasteiger partial charge in [0.25, 0.3) is 23.6 Å². The van der Waals surface area contributed by atoms with Gasteiger partial charge in [-0.3, -0.25) is 19.2 Å². The molecule has 2 aliphatic heterocycles. The minimum atomic E-state index is -0.567. The summed E-state index contributed by atoms with van der Waals surface area (Å²) in [5, 5.41) is 0.636. The van der Waals surface area contributed by atoms with Crippen molar-refractivity contribution in [2.45, 2.75) is 57.3 Å². The molecular formula is C38H32N2O6. The first-order valence-electron chi connectivity index (χ1n) is 16.1. The zero-order chi connectivity index (χ0) is 31.5. The van der Waals surface area contributed by atoms with E-state index in [1.54, 1.807) is 48.5 Å². The predicted octanol–water partition coefficient (Wildman–Crippen LogP) is 7.45. The van der Waals surface area contributed by atoms with Crippen molar-refractivity contribution in [1.29, 1.82) is 0 Å². The number of imide groups is 2. The summed E-state index contributed by atoms with van der Waals surface area (Å²) in [5.74, 6) is -1.65. The second kappa shape index (κ2) is 11.1. The molecule has 2 fully saturated rings. The lowest BCUT2D eigenvalue weighted by molar-refractivity contribution is 0.0442. The number of nitrogens with zero attached hydrogens (tertiary/aromatic N) is 2. The minimum Gasteiger partial charge on any atom is -0.462 e. The standard InChI is InChI=1S/C38H32N2O6/c41-34-28-17-19-30-33-31(20-18-29(32(28)33)35(42)39(34)26-13-9-24(10-14-26)23-7-3-4-8-23)37(44)40(36(30)43)27-15-11-25(12-16-27)38(45)46-21-22-5-1-2-6-22/h9-20,22-23H,1-8,21H2. The van der Waals surface area contributed by atoms with Crippen molar-refractivity contribution in [3.05, 3.63) is 106 Å². The molecule has 8 nitrogen and oxygen atoms in total. The average Bonchev–Trinajstić information content (AvgIpc) is 3.81. The van der Waals surface area contributed by atoms with Crippen molar-refractivity contribution in [1.82, 2.24) is 0 Å². The van der Waals surface area contributed by atoms with E-state index in [0.717, 1.165) is 43.4 Å². The van der Waals surface area contributed by atoms with Crippen molar-refractivity contribution < 1.29 is 28.7 Å². The topological polar surface area (TPSA) is 101 Å². The van der Waals surface area contributed by atoms with Crippen LogP contribution in [-0.4, -0.2) is 36.2 Å². The third-order valence-corrected chi connectivity index (χ3v) is 10.2. The second-order valence-electron chi connectivity index (χ2n) is 12.8. The third kappa shape index (κ3) is 4.46. The molecule has 2 aliphatic carbocycles. The predicted molar refractivity (Wildman–Crippen MR) is 173 cm³/mol. The van der Waals surface area contributed by atoms with E-state index in [4.69, 9.17) is 4.74 Å². The van der Waals surface area contributed by atoms with Gasteiger partial charge in [0.05, 0.1) is 23.5 Å². The summed E-state index contributed by atoms with van der Waals surface area (Å²) < 4.78 is 5.50. The summed E-state index contributed by atoms with van der Waals surface area (Å²) >= 11 is 0. The quantitative estimate of drug-likeness (QED) is 0.166. The van der Waals surface area contributed by atoms with E-state index < -0.39 is 29.6 Å². The highest BCUT2D eigenvalue weighted by atomic mass is 16.5. The lowest BCUT2D eigenvalue weighted by Gasteiger charge is -2.32. The molecule has 0 atom stereocenters. The number of benzene rings is 4. The van der Waals surface area contributed by atoms with Crippen LogP contribution in [0.25, 0.3) is 10.8 Å². The molecule has 2 heterocycles. The van der Waals surface area contributed by atoms with E-state index in [0.29, 0.717) is 46.2 Å². The van der Waals surface area contributed by atoms with E-state index in [9.17, 15) is 24.0 Å². The van der Waals surface area contributed by atoms with Gasteiger partial charge >= 0.3 is 5.97 Å². The summed E-state index contributed by atoms with van der Waals surface area (Å²) in [6.45, 7) is 0.393. The summed E-state index contributed by atoms with van der Waals surface area (Å²) in [5.41, 5.74) is 3.34. The van der Waals surface area contributed by atoms with E-state index in [2.05, 4.69) is 0 Å². The Balaban J connectivity index is 1.09. The Labute approximate surface area is 265 Å². The van der Waals surface area contributed by atoms with E-state index in [1.165, 1.54) is 23.3 Å². The monoisotopic (exact) mass is 612 g/mol. The zero-order valence-electron chi connectivity index (χ0n) is 25.3. The van der Waals surface area contributed by atoms with Crippen LogP contribution in [0.5, 0.6) is 0 Å². The molecule has 4 aliphatic rings. The van der Waals surface area contributed by atoms with E-state index >= 15 is 0 Å². The number of esters is 1. The lowest BCUT2D eigenvalue weighted by Crippen LogP contribution is -2.43. The summed E-state index contributed by atoms with van der Waals surface area (Å²) in [4.78, 5) is 70.2. The maximum atomic E-state index is 13.8. The molecule has 0 spiro atoms. The average molecular weight is 613 g/mol. The van der Waals surface area contributed by atoms with Crippen molar-refractivity contribution in [3.8, 4) is 0 Å². The van der Waals surface area contributed by atoms with Gasteiger partial charge in [-0.05, 0) is 104 Å². The molecule has 46 heavy (non-hydrogen) atoms. The van der Waals surface area contributed by atoms with E-state index in [1.807, 2.05) is 24.3 Å². The molecule has 4 aromatic carbocycles. The Bertz CT molecular complexity index is 1880. The Hall–Kier alpha value is -5.11. The van der Waals surface area contributed by atoms with Crippen molar-refractivity contribution in [2.24, 2.45) is 5.92 Å². The van der Waals surface area contributed by atoms with Gasteiger partial charge in [-0.15, -0.1) is 0 Å². The van der Waals surface area contributed by atoms with Crippen LogP contribution in [0.4, 0.5) is 11.4 Å². The largest absolute Gasteiger partial charge is 0.462 e. The maximum absolute atomic E-state index is 13.8. The fourth-order valence-corrected chi connectivity index (χ4v) is 7.70. The smallest absolute Gasteiger partial charge is 0.338 e. The normalized spacial score (nSPS) is 18.3. The Morgan fingerprint density at radius 2 is 0.978 bits per heavy atom. The summed E-state index contributed by atoms with van der Waals surface area (Å²) in [6.07, 6.45) is 9.18. The molecule has 0 N–H and O–H groups in total. The lowest BCUT2D eigenvalue weighted by atomic mass is 9.85. The zero-order valence-corrected chi connectivity index (χ0v) is 25.3. The van der Waals surface area contributed by atoms with Gasteiger partial charge in [0.1, 0.15) is 0 Å². The van der Waals surface area contributed by atoms with Gasteiger partial charge in [-0.2, -0.15) is 0 Å². The maximum Gasteiger partial charge on any atom is 0.338 e. The molecule has 8 rings (SSSR count). The van der Waals surface area contributed by atoms with Crippen molar-refractivity contribution >= 4 is 51.7 Å². The number of hydrogen-bond acceptors (Lipinski definition) is 6. The molecule has 230 valence electrons. The number of carbonyl (C=O) groups is 5. The van der Waals surface area contributed by atoms with Crippen LogP contribution >= 0.6 is 0 Å². The molecule has 2 saturated carbocycles. The fraction of sp³-hybridized carbons (Fsp3) is 0.289. The highest BCUT2D eigenvalue weighted by Crippen LogP contribution is 2.41. The first kappa shape index (κ1) is 28.4. The Morgan fingerprint density at radius 1 is 0.565 bits per heavy atom. The summed E-state index contributed by atoms with van der Waals surface area (Å²) in [7, 11) is 0. The van der Waals surface area contributed by atoms with Crippen LogP contribution in [-0.2, 0) is 4.74 Å². The van der Waals surface area contributed by atoms with Gasteiger partial charge in [0.2, 0.25) is 0 Å². The molecule has 4 aromatic rings. The molecular weight excluding hydrogens is 580 g/mol. The van der Waals surface area contributed by atoms with Crippen LogP contribution in [0.3, 0.4) is 0 Å². The second-order valence-corrected chi connectivity index (χ2v) is 12.8. The van der Waals surface area contributed by atoms with Gasteiger partial charge in [0.15, 0.2) is 0 Å². The number of amides is 4. The molecule has 0 unspecified atom stereocenters. The van der Waals surface area contributed by atoms with Crippen LogP contribution in [0, 0.1) is 5.92 Å². The third-order valence-electron chi connectivity index (χ3n) is 10.2. The van der Waals surface area contributed by atoms with E-state index in [-0.39, 0.29) is 22.3 Å². The van der Waals surface area contributed by atoms with Gasteiger partial charge < -0.3 is 4.74 Å². The number of rotatable bonds is 6. The molecule has 0 bridgehead atoms. The van der Waals surface area contributed by atoms with Crippen molar-refractivity contribution in [3.63, 3.8) is 0 Å². The molecule has 4 amide bonds. The minimum absolute atomic E-state index is 0.227. The number of hydrogen-bond donors (Lipinski definition) is 0. The van der Waals surface area contributed by atoms with Gasteiger partial charge in [-0.1, -0.05) is 37.8 Å². The molecule has 0 aromatic heterocycles. The number of carbonyl (C=O) groups excluding carboxylic acids is 5. The number of ether oxygens (including phenoxy) is 1. The molecule has 8 heteroatoms. The highest BCUT2D eigenvalue weighted by molar-refractivity contribution is 6.42. The Morgan fingerprint density at radius 3 is 1.43 bits per heavy atom. The SMILES string of the molecule is O=C(OCC1CCCC1)c1ccc(N2C(=O)c3ccc4c5c(ccc(c35)C2=O)C(=O)N(c2ccc(C3CCCC3)cc2)C4=O)cc1. The highest BCUT2D eigenvalue weighted by Gasteiger charge is 2.40. The van der Waals surface area contributed by atoms with Crippen LogP contribution in [0.2, 0.25) is 0 Å². The summed E-state index contributed by atoms with van der Waals surface area (Å²) in [6, 6.07) is 20.1. The van der Waals surface area contributed by atoms with Gasteiger partial charge in [-0.25, -0.2) is 14.6 Å². The van der Waals surface area contributed by atoms with Crippen molar-refractivity contribution in [2.75, 3.05) is 16.4 Å². The molecule has 0 radical (unpaired) electrons. The van der Waals surface area contributed by atoms with Crippen LogP contribution in [0.1, 0.15) is 115 Å². The Kier molecular flexibility index (Phi) is 6.82. The fourth-order valence-electron chi connectivity index (χ4n) is 7.70. The van der Waals surface area contributed by atoms with Gasteiger partial charge in [0, 0.05) is 33.0 Å². The van der Waals surface area contributed by atoms with Crippen LogP contribution < -0.4 is 9.80 Å².